The molecule has 0 spiro atoms. The molecule has 2 aromatic rings. The SMILES string of the molecule is CCc1cc2c(NC3(CN)CCCC(C)C3)ncnc2s1. The Kier molecular flexibility index (Phi) is 4.13. The lowest BCUT2D eigenvalue weighted by Gasteiger charge is -2.40. The van der Waals surface area contributed by atoms with E-state index in [1.807, 2.05) is 0 Å². The van der Waals surface area contributed by atoms with Crippen LogP contribution in [0.3, 0.4) is 0 Å². The number of hydrogen-bond acceptors (Lipinski definition) is 5. The molecular formula is C16H24N4S. The number of anilines is 1. The molecule has 114 valence electrons. The molecule has 0 saturated heterocycles. The predicted octanol–water partition coefficient (Wildman–Crippen LogP) is 3.57. The first kappa shape index (κ1) is 14.7. The first-order valence-electron chi connectivity index (χ1n) is 7.87. The van der Waals surface area contributed by atoms with Gasteiger partial charge < -0.3 is 11.1 Å². The summed E-state index contributed by atoms with van der Waals surface area (Å²) in [4.78, 5) is 11.3. The first-order chi connectivity index (χ1) is 10.2. The summed E-state index contributed by atoms with van der Waals surface area (Å²) in [6.45, 7) is 5.16. The molecule has 0 aliphatic heterocycles. The Morgan fingerprint density at radius 3 is 3.05 bits per heavy atom. The number of nitrogens with zero attached hydrogens (tertiary/aromatic N) is 2. The van der Waals surface area contributed by atoms with Gasteiger partial charge in [0.25, 0.3) is 0 Å². The third-order valence-corrected chi connectivity index (χ3v) is 5.78. The Morgan fingerprint density at radius 1 is 1.48 bits per heavy atom. The lowest BCUT2D eigenvalue weighted by molar-refractivity contribution is 0.263. The molecule has 5 heteroatoms. The number of nitrogens with two attached hydrogens (primary N) is 1. The second-order valence-electron chi connectivity index (χ2n) is 6.32. The quantitative estimate of drug-likeness (QED) is 0.906. The van der Waals surface area contributed by atoms with Crippen LogP contribution in [0.4, 0.5) is 5.82 Å². The van der Waals surface area contributed by atoms with E-state index in [9.17, 15) is 0 Å². The highest BCUT2D eigenvalue weighted by atomic mass is 32.1. The van der Waals surface area contributed by atoms with Crippen LogP contribution < -0.4 is 11.1 Å². The van der Waals surface area contributed by atoms with E-state index in [4.69, 9.17) is 5.73 Å². The molecule has 0 aromatic carbocycles. The maximum Gasteiger partial charge on any atom is 0.138 e. The van der Waals surface area contributed by atoms with E-state index in [2.05, 4.69) is 35.2 Å². The zero-order valence-corrected chi connectivity index (χ0v) is 13.7. The van der Waals surface area contributed by atoms with Crippen LogP contribution in [0.15, 0.2) is 12.4 Å². The fraction of sp³-hybridized carbons (Fsp3) is 0.625. The summed E-state index contributed by atoms with van der Waals surface area (Å²) in [5.41, 5.74) is 6.11. The van der Waals surface area contributed by atoms with Gasteiger partial charge in [-0.15, -0.1) is 11.3 Å². The number of hydrogen-bond donors (Lipinski definition) is 2. The number of fused-ring (bicyclic) bond motifs is 1. The van der Waals surface area contributed by atoms with Crippen LogP contribution in [0.1, 0.15) is 44.4 Å². The number of aryl methyl sites for hydroxylation is 1. The van der Waals surface area contributed by atoms with Gasteiger partial charge in [-0.1, -0.05) is 26.7 Å². The smallest absolute Gasteiger partial charge is 0.138 e. The molecule has 1 saturated carbocycles. The van der Waals surface area contributed by atoms with Crippen molar-refractivity contribution in [1.29, 1.82) is 0 Å². The molecule has 4 nitrogen and oxygen atoms in total. The zero-order chi connectivity index (χ0) is 14.9. The summed E-state index contributed by atoms with van der Waals surface area (Å²) in [6.07, 6.45) is 7.50. The largest absolute Gasteiger partial charge is 0.363 e. The van der Waals surface area contributed by atoms with Crippen LogP contribution >= 0.6 is 11.3 Å². The van der Waals surface area contributed by atoms with Crippen molar-refractivity contribution in [2.75, 3.05) is 11.9 Å². The van der Waals surface area contributed by atoms with Crippen molar-refractivity contribution in [2.24, 2.45) is 11.7 Å². The maximum atomic E-state index is 6.12. The van der Waals surface area contributed by atoms with Crippen molar-refractivity contribution in [3.8, 4) is 0 Å². The molecule has 3 N–H and O–H groups in total. The summed E-state index contributed by atoms with van der Waals surface area (Å²) < 4.78 is 0. The van der Waals surface area contributed by atoms with Crippen LogP contribution in [-0.4, -0.2) is 22.1 Å². The maximum absolute atomic E-state index is 6.12. The van der Waals surface area contributed by atoms with Crippen molar-refractivity contribution < 1.29 is 0 Å². The number of aromatic nitrogens is 2. The van der Waals surface area contributed by atoms with E-state index in [1.54, 1.807) is 17.7 Å². The lowest BCUT2D eigenvalue weighted by atomic mass is 9.76. The zero-order valence-electron chi connectivity index (χ0n) is 12.9. The fourth-order valence-corrected chi connectivity index (χ4v) is 4.38. The molecule has 2 unspecified atom stereocenters. The van der Waals surface area contributed by atoms with Gasteiger partial charge in [-0.05, 0) is 31.2 Å². The molecule has 1 aliphatic carbocycles. The van der Waals surface area contributed by atoms with Gasteiger partial charge >= 0.3 is 0 Å². The van der Waals surface area contributed by atoms with Crippen molar-refractivity contribution in [3.05, 3.63) is 17.3 Å². The Labute approximate surface area is 130 Å². The first-order valence-corrected chi connectivity index (χ1v) is 8.69. The summed E-state index contributed by atoms with van der Waals surface area (Å²) in [5.74, 6) is 1.68. The molecule has 2 atom stereocenters. The molecule has 2 aromatic heterocycles. The Balaban J connectivity index is 1.94. The van der Waals surface area contributed by atoms with Gasteiger partial charge in [-0.3, -0.25) is 0 Å². The predicted molar refractivity (Wildman–Crippen MR) is 89.8 cm³/mol. The normalized spacial score (nSPS) is 26.1. The van der Waals surface area contributed by atoms with E-state index in [0.29, 0.717) is 6.54 Å². The highest BCUT2D eigenvalue weighted by molar-refractivity contribution is 7.18. The minimum atomic E-state index is -0.00668. The van der Waals surface area contributed by atoms with Crippen molar-refractivity contribution >= 4 is 27.4 Å². The molecule has 1 aliphatic rings. The second kappa shape index (κ2) is 5.89. The van der Waals surface area contributed by atoms with Crippen LogP contribution in [0.5, 0.6) is 0 Å². The second-order valence-corrected chi connectivity index (χ2v) is 7.43. The molecule has 1 fully saturated rings. The molecule has 3 rings (SSSR count). The van der Waals surface area contributed by atoms with Crippen molar-refractivity contribution in [2.45, 2.75) is 51.5 Å². The monoisotopic (exact) mass is 304 g/mol. The lowest BCUT2D eigenvalue weighted by Crippen LogP contribution is -2.48. The summed E-state index contributed by atoms with van der Waals surface area (Å²) in [6, 6.07) is 2.22. The average Bonchev–Trinajstić information content (AvgIpc) is 2.91. The number of nitrogens with one attached hydrogen (secondary N) is 1. The van der Waals surface area contributed by atoms with E-state index in [0.717, 1.165) is 41.2 Å². The molecule has 0 amide bonds. The van der Waals surface area contributed by atoms with Gasteiger partial charge in [-0.25, -0.2) is 9.97 Å². The standard InChI is InChI=1S/C16H24N4S/c1-3-12-7-13-14(18-10-19-15(13)21-12)20-16(9-17)6-4-5-11(2)8-16/h7,10-11H,3-6,8-9,17H2,1-2H3,(H,18,19,20). The third-order valence-electron chi connectivity index (χ3n) is 4.59. The average molecular weight is 304 g/mol. The highest BCUT2D eigenvalue weighted by Gasteiger charge is 2.34. The van der Waals surface area contributed by atoms with Gasteiger partial charge in [0.15, 0.2) is 0 Å². The number of thiophene rings is 1. The Hall–Kier alpha value is -1.20. The van der Waals surface area contributed by atoms with E-state index < -0.39 is 0 Å². The minimum absolute atomic E-state index is 0.00668. The van der Waals surface area contributed by atoms with Gasteiger partial charge in [-0.2, -0.15) is 0 Å². The molecule has 0 radical (unpaired) electrons. The van der Waals surface area contributed by atoms with Crippen LogP contribution in [0.25, 0.3) is 10.2 Å². The highest BCUT2D eigenvalue weighted by Crippen LogP contribution is 2.36. The van der Waals surface area contributed by atoms with Crippen LogP contribution in [0, 0.1) is 5.92 Å². The molecule has 0 bridgehead atoms. The Morgan fingerprint density at radius 2 is 2.33 bits per heavy atom. The molecular weight excluding hydrogens is 280 g/mol. The van der Waals surface area contributed by atoms with Gasteiger partial charge in [0.1, 0.15) is 17.0 Å². The topological polar surface area (TPSA) is 63.8 Å². The fourth-order valence-electron chi connectivity index (χ4n) is 3.44. The Bertz CT molecular complexity index is 624. The van der Waals surface area contributed by atoms with Gasteiger partial charge in [0.2, 0.25) is 0 Å². The van der Waals surface area contributed by atoms with Crippen molar-refractivity contribution in [3.63, 3.8) is 0 Å². The van der Waals surface area contributed by atoms with E-state index >= 15 is 0 Å². The summed E-state index contributed by atoms with van der Waals surface area (Å²) in [7, 11) is 0. The van der Waals surface area contributed by atoms with Crippen LogP contribution in [0.2, 0.25) is 0 Å². The summed E-state index contributed by atoms with van der Waals surface area (Å²) in [5, 5.41) is 4.83. The van der Waals surface area contributed by atoms with Gasteiger partial charge in [0.05, 0.1) is 10.9 Å². The molecule has 2 heterocycles. The third kappa shape index (κ3) is 2.90. The van der Waals surface area contributed by atoms with Crippen LogP contribution in [-0.2, 0) is 6.42 Å². The van der Waals surface area contributed by atoms with E-state index in [1.165, 1.54) is 17.7 Å². The minimum Gasteiger partial charge on any atom is -0.363 e. The number of rotatable bonds is 4. The molecule has 21 heavy (non-hydrogen) atoms. The van der Waals surface area contributed by atoms with Gasteiger partial charge in [0, 0.05) is 11.4 Å². The summed E-state index contributed by atoms with van der Waals surface area (Å²) >= 11 is 1.76. The van der Waals surface area contributed by atoms with Crippen molar-refractivity contribution in [1.82, 2.24) is 9.97 Å². The van der Waals surface area contributed by atoms with E-state index in [-0.39, 0.29) is 5.54 Å².